The zero-order valence-corrected chi connectivity index (χ0v) is 21.6. The number of fused-ring (bicyclic) bond motifs is 1. The number of carbonyl (C=O) groups excluding carboxylic acids is 2. The van der Waals surface area contributed by atoms with E-state index in [1.165, 1.54) is 0 Å². The van der Waals surface area contributed by atoms with Gasteiger partial charge in [-0.05, 0) is 69.9 Å². The van der Waals surface area contributed by atoms with E-state index in [0.29, 0.717) is 57.4 Å². The van der Waals surface area contributed by atoms with Gasteiger partial charge in [-0.3, -0.25) is 4.90 Å². The second-order valence-corrected chi connectivity index (χ2v) is 11.0. The number of halogens is 1. The molecule has 3 atom stereocenters. The van der Waals surface area contributed by atoms with Gasteiger partial charge in [-0.15, -0.1) is 0 Å². The van der Waals surface area contributed by atoms with Crippen LogP contribution in [0, 0.1) is 0 Å². The lowest BCUT2D eigenvalue weighted by Gasteiger charge is -2.41. The molecule has 0 unspecified atom stereocenters. The summed E-state index contributed by atoms with van der Waals surface area (Å²) in [5.74, 6) is 0. The van der Waals surface area contributed by atoms with Crippen molar-refractivity contribution in [3.8, 4) is 0 Å². The van der Waals surface area contributed by atoms with E-state index in [2.05, 4.69) is 0 Å². The zero-order chi connectivity index (χ0) is 24.6. The Labute approximate surface area is 207 Å². The molecule has 188 valence electrons. The minimum absolute atomic E-state index is 0.0147. The molecule has 2 saturated heterocycles. The van der Waals surface area contributed by atoms with Crippen LogP contribution >= 0.6 is 11.6 Å². The minimum atomic E-state index is -0.594. The van der Waals surface area contributed by atoms with Gasteiger partial charge in [-0.1, -0.05) is 11.6 Å². The molecule has 0 spiro atoms. The minimum Gasteiger partial charge on any atom is -0.444 e. The summed E-state index contributed by atoms with van der Waals surface area (Å²) in [7, 11) is 0. The van der Waals surface area contributed by atoms with Gasteiger partial charge in [0, 0.05) is 37.7 Å². The first kappa shape index (κ1) is 25.1. The van der Waals surface area contributed by atoms with E-state index in [-0.39, 0.29) is 30.4 Å². The first-order valence-corrected chi connectivity index (χ1v) is 12.5. The summed E-state index contributed by atoms with van der Waals surface area (Å²) < 4.78 is 17.3. The molecule has 0 aromatic heterocycles. The van der Waals surface area contributed by atoms with Crippen molar-refractivity contribution >= 4 is 23.7 Å². The molecule has 3 aliphatic rings. The van der Waals surface area contributed by atoms with Gasteiger partial charge in [0.1, 0.15) is 5.60 Å². The monoisotopic (exact) mass is 493 g/mol. The highest BCUT2D eigenvalue weighted by molar-refractivity contribution is 6.30. The third-order valence-electron chi connectivity index (χ3n) is 6.42. The number of nitrogens with zero attached hydrogens (tertiary/aromatic N) is 3. The lowest BCUT2D eigenvalue weighted by molar-refractivity contribution is -0.0586. The van der Waals surface area contributed by atoms with Crippen molar-refractivity contribution in [2.45, 2.75) is 71.4 Å². The van der Waals surface area contributed by atoms with Gasteiger partial charge in [-0.25, -0.2) is 9.59 Å². The number of amides is 3. The SMILES string of the molecule is C[C@@H]1CN(C(=O)N2CCc3cc(Cl)cc([C@@H]4COCCN4C(=O)OC(C)(C)C)c3C2)C[C@H](C)O1. The second-order valence-electron chi connectivity index (χ2n) is 10.5. The van der Waals surface area contributed by atoms with Gasteiger partial charge in [0.05, 0.1) is 31.5 Å². The lowest BCUT2D eigenvalue weighted by Crippen LogP contribution is -2.53. The highest BCUT2D eigenvalue weighted by Crippen LogP contribution is 2.35. The fraction of sp³-hybridized carbons (Fsp3) is 0.680. The Balaban J connectivity index is 1.60. The fourth-order valence-corrected chi connectivity index (χ4v) is 5.30. The Kier molecular flexibility index (Phi) is 7.31. The molecule has 34 heavy (non-hydrogen) atoms. The van der Waals surface area contributed by atoms with Crippen LogP contribution in [0.5, 0.6) is 0 Å². The van der Waals surface area contributed by atoms with Gasteiger partial charge in [0.2, 0.25) is 0 Å². The van der Waals surface area contributed by atoms with E-state index in [1.54, 1.807) is 4.90 Å². The average Bonchev–Trinajstić information content (AvgIpc) is 2.76. The van der Waals surface area contributed by atoms with E-state index in [1.807, 2.05) is 56.6 Å². The van der Waals surface area contributed by atoms with Crippen LogP contribution in [0.3, 0.4) is 0 Å². The Morgan fingerprint density at radius 2 is 1.79 bits per heavy atom. The molecule has 9 heteroatoms. The fourth-order valence-electron chi connectivity index (χ4n) is 5.05. The maximum Gasteiger partial charge on any atom is 0.410 e. The smallest absolute Gasteiger partial charge is 0.410 e. The number of carbonyl (C=O) groups is 2. The van der Waals surface area contributed by atoms with Gasteiger partial charge in [0.25, 0.3) is 0 Å². The molecule has 8 nitrogen and oxygen atoms in total. The quantitative estimate of drug-likeness (QED) is 0.585. The molecule has 0 N–H and O–H groups in total. The van der Waals surface area contributed by atoms with Gasteiger partial charge >= 0.3 is 12.1 Å². The van der Waals surface area contributed by atoms with Crippen LogP contribution in [-0.2, 0) is 27.2 Å². The van der Waals surface area contributed by atoms with E-state index in [9.17, 15) is 9.59 Å². The molecule has 3 amide bonds. The van der Waals surface area contributed by atoms with Gasteiger partial charge in [-0.2, -0.15) is 0 Å². The summed E-state index contributed by atoms with van der Waals surface area (Å²) in [5, 5.41) is 0.624. The van der Waals surface area contributed by atoms with Crippen molar-refractivity contribution in [3.63, 3.8) is 0 Å². The Morgan fingerprint density at radius 3 is 2.47 bits per heavy atom. The summed E-state index contributed by atoms with van der Waals surface area (Å²) in [4.78, 5) is 31.9. The Bertz CT molecular complexity index is 924. The highest BCUT2D eigenvalue weighted by atomic mass is 35.5. The molecule has 1 aromatic carbocycles. The number of hydrogen-bond acceptors (Lipinski definition) is 5. The molecule has 0 saturated carbocycles. The lowest BCUT2D eigenvalue weighted by atomic mass is 9.90. The van der Waals surface area contributed by atoms with Crippen molar-refractivity contribution in [3.05, 3.63) is 33.8 Å². The molecule has 0 aliphatic carbocycles. The molecule has 4 rings (SSSR count). The first-order chi connectivity index (χ1) is 16.0. The molecule has 0 bridgehead atoms. The molecule has 2 fully saturated rings. The summed E-state index contributed by atoms with van der Waals surface area (Å²) in [6.07, 6.45) is 0.376. The van der Waals surface area contributed by atoms with Crippen LogP contribution in [0.25, 0.3) is 0 Å². The third-order valence-corrected chi connectivity index (χ3v) is 6.64. The molecule has 0 radical (unpaired) electrons. The van der Waals surface area contributed by atoms with Crippen LogP contribution in [-0.4, -0.2) is 84.0 Å². The van der Waals surface area contributed by atoms with Gasteiger partial charge in [0.15, 0.2) is 0 Å². The van der Waals surface area contributed by atoms with E-state index in [4.69, 9.17) is 25.8 Å². The van der Waals surface area contributed by atoms with Crippen molar-refractivity contribution in [2.24, 2.45) is 0 Å². The molecule has 1 aromatic rings. The molecule has 3 heterocycles. The summed E-state index contributed by atoms with van der Waals surface area (Å²) >= 11 is 6.51. The van der Waals surface area contributed by atoms with Crippen molar-refractivity contribution in [1.29, 1.82) is 0 Å². The van der Waals surface area contributed by atoms with Crippen LogP contribution in [0.15, 0.2) is 12.1 Å². The normalized spacial score (nSPS) is 25.7. The maximum atomic E-state index is 13.4. The number of urea groups is 1. The number of benzene rings is 1. The van der Waals surface area contributed by atoms with E-state index in [0.717, 1.165) is 16.7 Å². The molecular weight excluding hydrogens is 458 g/mol. The first-order valence-electron chi connectivity index (χ1n) is 12.1. The van der Waals surface area contributed by atoms with Crippen LogP contribution in [0.4, 0.5) is 9.59 Å². The second kappa shape index (κ2) is 9.91. The number of morpholine rings is 2. The summed E-state index contributed by atoms with van der Waals surface area (Å²) in [5.41, 5.74) is 2.49. The number of ether oxygens (including phenoxy) is 3. The predicted molar refractivity (Wildman–Crippen MR) is 129 cm³/mol. The highest BCUT2D eigenvalue weighted by Gasteiger charge is 2.36. The van der Waals surface area contributed by atoms with Crippen LogP contribution < -0.4 is 0 Å². The number of hydrogen-bond donors (Lipinski definition) is 0. The average molecular weight is 494 g/mol. The summed E-state index contributed by atoms with van der Waals surface area (Å²) in [6.45, 7) is 13.1. The zero-order valence-electron chi connectivity index (χ0n) is 20.8. The molecular formula is C25H36ClN3O5. The van der Waals surface area contributed by atoms with Crippen molar-refractivity contribution in [2.75, 3.05) is 39.4 Å². The van der Waals surface area contributed by atoms with Gasteiger partial charge < -0.3 is 24.0 Å². The predicted octanol–water partition coefficient (Wildman–Crippen LogP) is 4.24. The largest absolute Gasteiger partial charge is 0.444 e. The molecule has 3 aliphatic heterocycles. The Hall–Kier alpha value is -2.03. The van der Waals surface area contributed by atoms with Crippen LogP contribution in [0.2, 0.25) is 5.02 Å². The Morgan fingerprint density at radius 1 is 1.09 bits per heavy atom. The van der Waals surface area contributed by atoms with E-state index < -0.39 is 5.60 Å². The van der Waals surface area contributed by atoms with Crippen molar-refractivity contribution in [1.82, 2.24) is 14.7 Å². The van der Waals surface area contributed by atoms with E-state index >= 15 is 0 Å². The number of rotatable bonds is 1. The topological polar surface area (TPSA) is 71.6 Å². The van der Waals surface area contributed by atoms with Crippen LogP contribution in [0.1, 0.15) is 57.4 Å². The van der Waals surface area contributed by atoms with Crippen molar-refractivity contribution < 1.29 is 23.8 Å². The maximum absolute atomic E-state index is 13.4. The standard InChI is InChI=1S/C25H36ClN3O5/c1-16-12-28(13-17(2)33-16)23(30)27-7-6-18-10-19(26)11-20(21(18)14-27)22-15-32-9-8-29(22)24(31)34-25(3,4)5/h10-11,16-17,22H,6-9,12-15H2,1-5H3/t16-,17+,22-/m0/s1. The third kappa shape index (κ3) is 5.61. The summed E-state index contributed by atoms with van der Waals surface area (Å²) in [6, 6.07) is 3.58.